The van der Waals surface area contributed by atoms with Gasteiger partial charge >= 0.3 is 0 Å². The van der Waals surface area contributed by atoms with Gasteiger partial charge in [-0.25, -0.2) is 13.8 Å². The third-order valence-electron chi connectivity index (χ3n) is 4.53. The van der Waals surface area contributed by atoms with Crippen molar-refractivity contribution in [2.75, 3.05) is 16.8 Å². The lowest BCUT2D eigenvalue weighted by Crippen LogP contribution is -2.26. The summed E-state index contributed by atoms with van der Waals surface area (Å²) in [5.74, 6) is 0.384. The second-order valence-electron chi connectivity index (χ2n) is 6.41. The van der Waals surface area contributed by atoms with E-state index in [0.29, 0.717) is 30.6 Å². The van der Waals surface area contributed by atoms with Gasteiger partial charge in [0.15, 0.2) is 5.82 Å². The molecule has 0 amide bonds. The van der Waals surface area contributed by atoms with Crippen molar-refractivity contribution < 1.29 is 13.2 Å². The Hall–Kier alpha value is -2.81. The quantitative estimate of drug-likeness (QED) is 0.646. The number of aryl methyl sites for hydroxylation is 1. The van der Waals surface area contributed by atoms with E-state index in [1.807, 2.05) is 4.90 Å². The van der Waals surface area contributed by atoms with Gasteiger partial charge in [-0.1, -0.05) is 11.6 Å². The largest absolute Gasteiger partial charge is 0.426 e. The number of aromatic nitrogens is 4. The third-order valence-corrected chi connectivity index (χ3v) is 4.94. The average Bonchev–Trinajstić information content (AvgIpc) is 3.14. The van der Waals surface area contributed by atoms with E-state index in [1.54, 1.807) is 6.20 Å². The number of nitrogens with one attached hydrogen (secondary N) is 1. The molecule has 0 bridgehead atoms. The summed E-state index contributed by atoms with van der Waals surface area (Å²) < 4.78 is 33.2. The lowest BCUT2D eigenvalue weighted by molar-refractivity contribution is 0.501. The van der Waals surface area contributed by atoms with Crippen LogP contribution in [0.15, 0.2) is 29.1 Å². The lowest BCUT2D eigenvalue weighted by atomic mass is 10.2. The molecular weight excluding hydrogens is 390 g/mol. The number of anilines is 2. The van der Waals surface area contributed by atoms with Crippen LogP contribution in [0.3, 0.4) is 0 Å². The molecule has 28 heavy (non-hydrogen) atoms. The monoisotopic (exact) mass is 406 g/mol. The Kier molecular flexibility index (Phi) is 5.34. The molecule has 0 saturated heterocycles. The van der Waals surface area contributed by atoms with E-state index in [4.69, 9.17) is 16.0 Å². The normalized spacial score (nSPS) is 13.9. The zero-order valence-electron chi connectivity index (χ0n) is 14.8. The molecule has 3 aromatic rings. The first kappa shape index (κ1) is 18.5. The fraction of sp³-hybridized carbons (Fsp3) is 0.333. The topological polar surface area (TPSA) is 80.0 Å². The zero-order valence-corrected chi connectivity index (χ0v) is 15.6. The molecule has 1 aliphatic rings. The highest BCUT2D eigenvalue weighted by Gasteiger charge is 2.22. The Bertz CT molecular complexity index is 969. The number of benzene rings is 1. The molecule has 0 spiro atoms. The van der Waals surface area contributed by atoms with Gasteiger partial charge in [0.05, 0.1) is 23.5 Å². The molecule has 1 aromatic carbocycles. The Morgan fingerprint density at radius 1 is 1.21 bits per heavy atom. The van der Waals surface area contributed by atoms with E-state index in [9.17, 15) is 8.78 Å². The number of fused-ring (bicyclic) bond motifs is 1. The molecule has 1 N–H and O–H groups in total. The summed E-state index contributed by atoms with van der Waals surface area (Å²) in [6.07, 6.45) is 5.47. The maximum absolute atomic E-state index is 14.3. The standard InChI is InChI=1S/C18H17ClF2N6O/c19-17-11(12(20)4-5-13(17)21)9-27-6-2-1-3-14-18(27)25-15(7-22-14)23-8-16-26-24-10-28-16/h4-5,7,10H,1-3,6,8-9H2,(H,23,25). The Labute approximate surface area is 164 Å². The number of halogens is 3. The molecule has 146 valence electrons. The number of rotatable bonds is 5. The summed E-state index contributed by atoms with van der Waals surface area (Å²) in [4.78, 5) is 11.0. The molecule has 7 nitrogen and oxygen atoms in total. The first-order chi connectivity index (χ1) is 13.6. The highest BCUT2D eigenvalue weighted by Crippen LogP contribution is 2.29. The van der Waals surface area contributed by atoms with Crippen LogP contribution in [0.25, 0.3) is 0 Å². The minimum atomic E-state index is -0.644. The van der Waals surface area contributed by atoms with Crippen molar-refractivity contribution >= 4 is 23.2 Å². The minimum Gasteiger partial charge on any atom is -0.426 e. The van der Waals surface area contributed by atoms with Gasteiger partial charge in [0, 0.05) is 18.7 Å². The van der Waals surface area contributed by atoms with Gasteiger partial charge in [0.2, 0.25) is 12.3 Å². The summed E-state index contributed by atoms with van der Waals surface area (Å²) >= 11 is 6.01. The summed E-state index contributed by atoms with van der Waals surface area (Å²) in [7, 11) is 0. The van der Waals surface area contributed by atoms with Crippen LogP contribution in [-0.4, -0.2) is 26.7 Å². The van der Waals surface area contributed by atoms with Crippen LogP contribution in [0.1, 0.15) is 30.0 Å². The summed E-state index contributed by atoms with van der Waals surface area (Å²) in [5, 5.41) is 10.3. The van der Waals surface area contributed by atoms with Gasteiger partial charge in [-0.2, -0.15) is 0 Å². The molecule has 4 rings (SSSR count). The van der Waals surface area contributed by atoms with Gasteiger partial charge in [0.1, 0.15) is 17.5 Å². The van der Waals surface area contributed by atoms with Crippen molar-refractivity contribution in [3.05, 3.63) is 58.5 Å². The van der Waals surface area contributed by atoms with Crippen LogP contribution in [0.2, 0.25) is 5.02 Å². The van der Waals surface area contributed by atoms with Crippen LogP contribution < -0.4 is 10.2 Å². The summed E-state index contributed by atoms with van der Waals surface area (Å²) in [6.45, 7) is 1.05. The van der Waals surface area contributed by atoms with Crippen LogP contribution in [0.4, 0.5) is 20.4 Å². The predicted molar refractivity (Wildman–Crippen MR) is 99.0 cm³/mol. The first-order valence-corrected chi connectivity index (χ1v) is 9.22. The highest BCUT2D eigenvalue weighted by molar-refractivity contribution is 6.31. The van der Waals surface area contributed by atoms with Crippen molar-refractivity contribution in [1.82, 2.24) is 20.2 Å². The second-order valence-corrected chi connectivity index (χ2v) is 6.79. The van der Waals surface area contributed by atoms with E-state index in [1.165, 1.54) is 6.39 Å². The van der Waals surface area contributed by atoms with E-state index in [0.717, 1.165) is 37.1 Å². The third kappa shape index (κ3) is 3.89. The molecule has 0 unspecified atom stereocenters. The van der Waals surface area contributed by atoms with E-state index < -0.39 is 11.6 Å². The molecule has 0 fully saturated rings. The van der Waals surface area contributed by atoms with Crippen molar-refractivity contribution in [2.24, 2.45) is 0 Å². The molecule has 0 saturated carbocycles. The smallest absolute Gasteiger partial charge is 0.235 e. The Morgan fingerprint density at radius 3 is 2.89 bits per heavy atom. The molecule has 0 atom stereocenters. The summed E-state index contributed by atoms with van der Waals surface area (Å²) in [6, 6.07) is 2.11. The fourth-order valence-corrected chi connectivity index (χ4v) is 3.33. The first-order valence-electron chi connectivity index (χ1n) is 8.84. The molecule has 3 heterocycles. The summed E-state index contributed by atoms with van der Waals surface area (Å²) in [5.41, 5.74) is 0.925. The van der Waals surface area contributed by atoms with Gasteiger partial charge < -0.3 is 14.6 Å². The fourth-order valence-electron chi connectivity index (χ4n) is 3.12. The van der Waals surface area contributed by atoms with Crippen molar-refractivity contribution in [3.8, 4) is 0 Å². The molecule has 0 aliphatic carbocycles. The minimum absolute atomic E-state index is 0.108. The van der Waals surface area contributed by atoms with Gasteiger partial charge in [-0.3, -0.25) is 4.98 Å². The van der Waals surface area contributed by atoms with Crippen molar-refractivity contribution in [3.63, 3.8) is 0 Å². The van der Waals surface area contributed by atoms with Gasteiger partial charge in [-0.15, -0.1) is 10.2 Å². The molecule has 1 aliphatic heterocycles. The van der Waals surface area contributed by atoms with Crippen molar-refractivity contribution in [2.45, 2.75) is 32.4 Å². The van der Waals surface area contributed by atoms with Gasteiger partial charge in [0.25, 0.3) is 0 Å². The van der Waals surface area contributed by atoms with Crippen LogP contribution >= 0.6 is 11.6 Å². The lowest BCUT2D eigenvalue weighted by Gasteiger charge is -2.24. The maximum atomic E-state index is 14.3. The van der Waals surface area contributed by atoms with Crippen LogP contribution in [0.5, 0.6) is 0 Å². The number of nitrogens with zero attached hydrogens (tertiary/aromatic N) is 5. The van der Waals surface area contributed by atoms with E-state index in [-0.39, 0.29) is 17.1 Å². The van der Waals surface area contributed by atoms with E-state index >= 15 is 0 Å². The van der Waals surface area contributed by atoms with Crippen LogP contribution in [-0.2, 0) is 19.5 Å². The second kappa shape index (κ2) is 8.05. The van der Waals surface area contributed by atoms with E-state index in [2.05, 4.69) is 25.5 Å². The Morgan fingerprint density at radius 2 is 2.07 bits per heavy atom. The Balaban J connectivity index is 1.61. The van der Waals surface area contributed by atoms with Crippen molar-refractivity contribution in [1.29, 1.82) is 0 Å². The molecule has 10 heteroatoms. The number of hydrogen-bond acceptors (Lipinski definition) is 7. The SMILES string of the molecule is Fc1ccc(F)c(CN2CCCCc3ncc(NCc4nnco4)nc32)c1Cl. The molecule has 2 aromatic heterocycles. The van der Waals surface area contributed by atoms with Gasteiger partial charge in [-0.05, 0) is 31.4 Å². The highest BCUT2D eigenvalue weighted by atomic mass is 35.5. The molecular formula is C18H17ClF2N6O. The maximum Gasteiger partial charge on any atom is 0.235 e. The average molecular weight is 407 g/mol. The number of hydrogen-bond donors (Lipinski definition) is 1. The zero-order chi connectivity index (χ0) is 19.5. The predicted octanol–water partition coefficient (Wildman–Crippen LogP) is 3.75. The van der Waals surface area contributed by atoms with Crippen LogP contribution in [0, 0.1) is 11.6 Å². The molecule has 0 radical (unpaired) electrons.